The maximum atomic E-state index is 13.3. The van der Waals surface area contributed by atoms with Gasteiger partial charge in [0, 0.05) is 13.0 Å². The van der Waals surface area contributed by atoms with E-state index >= 15 is 0 Å². The highest BCUT2D eigenvalue weighted by Crippen LogP contribution is 2.07. The van der Waals surface area contributed by atoms with Crippen LogP contribution in [0.5, 0.6) is 0 Å². The summed E-state index contributed by atoms with van der Waals surface area (Å²) >= 11 is 0. The van der Waals surface area contributed by atoms with Gasteiger partial charge in [-0.2, -0.15) is 0 Å². The molecular formula is C25H48N10O9. The van der Waals surface area contributed by atoms with Gasteiger partial charge in [0.2, 0.25) is 29.5 Å². The molecule has 0 aromatic rings. The van der Waals surface area contributed by atoms with Crippen molar-refractivity contribution in [2.75, 3.05) is 13.1 Å². The first kappa shape index (κ1) is 39.9. The van der Waals surface area contributed by atoms with E-state index in [4.69, 9.17) is 28.7 Å². The van der Waals surface area contributed by atoms with Gasteiger partial charge in [0.1, 0.15) is 18.1 Å². The molecule has 0 aliphatic rings. The number of rotatable bonds is 22. The number of carboxylic acid groups (broad SMARTS) is 1. The van der Waals surface area contributed by atoms with Crippen LogP contribution in [0.15, 0.2) is 4.99 Å². The highest BCUT2D eigenvalue weighted by Gasteiger charge is 2.34. The lowest BCUT2D eigenvalue weighted by Gasteiger charge is -2.27. The molecule has 0 heterocycles. The minimum Gasteiger partial charge on any atom is -0.480 e. The van der Waals surface area contributed by atoms with Crippen molar-refractivity contribution in [3.05, 3.63) is 0 Å². The van der Waals surface area contributed by atoms with Crippen LogP contribution in [-0.4, -0.2) is 112 Å². The zero-order valence-electron chi connectivity index (χ0n) is 25.0. The lowest BCUT2D eigenvalue weighted by molar-refractivity contribution is -0.145. The number of carbonyl (C=O) groups excluding carboxylic acids is 5. The average Bonchev–Trinajstić information content (AvgIpc) is 2.92. The van der Waals surface area contributed by atoms with Crippen LogP contribution < -0.4 is 49.9 Å². The minimum atomic E-state index is -1.72. The number of unbranched alkanes of at least 4 members (excludes halogenated alkanes) is 1. The van der Waals surface area contributed by atoms with E-state index in [0.717, 1.165) is 6.92 Å². The predicted octanol–water partition coefficient (Wildman–Crippen LogP) is -5.45. The first-order valence-electron chi connectivity index (χ1n) is 14.1. The number of hydrogen-bond donors (Lipinski definition) is 12. The molecule has 0 saturated heterocycles. The first-order valence-corrected chi connectivity index (χ1v) is 14.1. The van der Waals surface area contributed by atoms with Gasteiger partial charge in [-0.25, -0.2) is 4.79 Å². The van der Waals surface area contributed by atoms with Gasteiger partial charge in [0.15, 0.2) is 12.0 Å². The number of aliphatic imine (C=N–C) groups is 1. The van der Waals surface area contributed by atoms with Crippen LogP contribution in [0, 0.1) is 0 Å². The first-order chi connectivity index (χ1) is 20.5. The highest BCUT2D eigenvalue weighted by atomic mass is 16.4. The molecule has 252 valence electrons. The Hall–Kier alpha value is -4.07. The number of amides is 5. The Morgan fingerprint density at radius 2 is 1.23 bits per heavy atom. The van der Waals surface area contributed by atoms with E-state index < -0.39 is 77.9 Å². The standard InChI is InChI=1S/C25H48N10O9/c1-12(36)18(34-20(39)14(27)6-5-11-31-25(29)30)23(42)33-15(7-3-4-10-26)21(40)32-16(8-9-17(28)38)22(41)35-19(13(2)37)24(43)44/h12-16,18-19,36-37H,3-11,26-27H2,1-2H3,(H2,28,38)(H,32,40)(H,33,42)(H,34,39)(H,35,41)(H,43,44)(H4,29,30,31)/t12-,13-,14+,15+,16+,18+,19+/m1/s1. The number of aliphatic hydroxyl groups excluding tert-OH is 2. The molecule has 0 aliphatic heterocycles. The number of nitrogens with two attached hydrogens (primary N) is 5. The molecule has 19 heteroatoms. The zero-order chi connectivity index (χ0) is 34.0. The van der Waals surface area contributed by atoms with Gasteiger partial charge in [-0.05, 0) is 58.9 Å². The number of nitrogens with one attached hydrogen (secondary N) is 4. The Balaban J connectivity index is 5.80. The summed E-state index contributed by atoms with van der Waals surface area (Å²) in [5, 5.41) is 38.5. The van der Waals surface area contributed by atoms with E-state index in [1.54, 1.807) is 0 Å². The van der Waals surface area contributed by atoms with Crippen molar-refractivity contribution in [3.8, 4) is 0 Å². The smallest absolute Gasteiger partial charge is 0.328 e. The zero-order valence-corrected chi connectivity index (χ0v) is 25.0. The van der Waals surface area contributed by atoms with Gasteiger partial charge in [-0.1, -0.05) is 0 Å². The van der Waals surface area contributed by atoms with Gasteiger partial charge < -0.3 is 65.3 Å². The molecule has 7 atom stereocenters. The van der Waals surface area contributed by atoms with E-state index in [9.17, 15) is 44.1 Å². The summed E-state index contributed by atoms with van der Waals surface area (Å²) in [7, 11) is 0. The quantitative estimate of drug-likeness (QED) is 0.0301. The molecule has 0 rings (SSSR count). The Morgan fingerprint density at radius 1 is 0.705 bits per heavy atom. The second kappa shape index (κ2) is 20.8. The number of aliphatic hydroxyl groups is 2. The lowest BCUT2D eigenvalue weighted by Crippen LogP contribution is -2.60. The third-order valence-electron chi connectivity index (χ3n) is 6.31. The predicted molar refractivity (Wildman–Crippen MR) is 158 cm³/mol. The summed E-state index contributed by atoms with van der Waals surface area (Å²) in [4.78, 5) is 78.5. The van der Waals surface area contributed by atoms with E-state index in [1.165, 1.54) is 6.92 Å². The van der Waals surface area contributed by atoms with Gasteiger partial charge >= 0.3 is 5.97 Å². The van der Waals surface area contributed by atoms with Crippen molar-refractivity contribution in [3.63, 3.8) is 0 Å². The normalized spacial score (nSPS) is 15.7. The van der Waals surface area contributed by atoms with Crippen LogP contribution in [-0.2, 0) is 28.8 Å². The molecule has 17 N–H and O–H groups in total. The third-order valence-corrected chi connectivity index (χ3v) is 6.31. The van der Waals surface area contributed by atoms with E-state index in [-0.39, 0.29) is 44.7 Å². The Labute approximate surface area is 255 Å². The summed E-state index contributed by atoms with van der Waals surface area (Å²) in [6.45, 7) is 2.87. The maximum absolute atomic E-state index is 13.3. The molecule has 0 radical (unpaired) electrons. The Bertz CT molecular complexity index is 1000. The van der Waals surface area contributed by atoms with Gasteiger partial charge in [0.05, 0.1) is 18.2 Å². The molecule has 19 nitrogen and oxygen atoms in total. The number of guanidine groups is 1. The number of nitrogens with zero attached hydrogens (tertiary/aromatic N) is 1. The molecular weight excluding hydrogens is 584 g/mol. The molecule has 44 heavy (non-hydrogen) atoms. The summed E-state index contributed by atoms with van der Waals surface area (Å²) in [5.41, 5.74) is 27.1. The fourth-order valence-corrected chi connectivity index (χ4v) is 3.81. The number of carboxylic acids is 1. The molecule has 0 aromatic carbocycles. The van der Waals surface area contributed by atoms with Crippen molar-refractivity contribution < 1.29 is 44.1 Å². The second-order valence-electron chi connectivity index (χ2n) is 10.3. The topological polar surface area (TPSA) is 354 Å². The molecule has 5 amide bonds. The fraction of sp³-hybridized carbons (Fsp3) is 0.720. The van der Waals surface area contributed by atoms with Crippen molar-refractivity contribution >= 4 is 41.5 Å². The van der Waals surface area contributed by atoms with Crippen LogP contribution in [0.25, 0.3) is 0 Å². The number of carbonyl (C=O) groups is 6. The second-order valence-corrected chi connectivity index (χ2v) is 10.3. The Morgan fingerprint density at radius 3 is 1.73 bits per heavy atom. The van der Waals surface area contributed by atoms with E-state index in [0.29, 0.717) is 19.3 Å². The third kappa shape index (κ3) is 16.0. The SMILES string of the molecule is C[C@@H](O)[C@H](NC(=O)[C@H](CCC(N)=O)NC(=O)[C@H](CCCCN)NC(=O)[C@@H](NC(=O)[C@@H](N)CCCN=C(N)N)[C@@H](C)O)C(=O)O. The molecule has 0 unspecified atom stereocenters. The summed E-state index contributed by atoms with van der Waals surface area (Å²) in [5.74, 6) is -6.08. The molecule has 0 fully saturated rings. The van der Waals surface area contributed by atoms with Crippen LogP contribution in [0.1, 0.15) is 58.8 Å². The van der Waals surface area contributed by atoms with E-state index in [2.05, 4.69) is 26.3 Å². The maximum Gasteiger partial charge on any atom is 0.328 e. The highest BCUT2D eigenvalue weighted by molar-refractivity contribution is 5.95. The van der Waals surface area contributed by atoms with Crippen molar-refractivity contribution in [1.29, 1.82) is 0 Å². The summed E-state index contributed by atoms with van der Waals surface area (Å²) in [6, 6.07) is -7.09. The van der Waals surface area contributed by atoms with Crippen LogP contribution in [0.2, 0.25) is 0 Å². The number of primary amides is 1. The van der Waals surface area contributed by atoms with Crippen molar-refractivity contribution in [2.24, 2.45) is 33.7 Å². The monoisotopic (exact) mass is 632 g/mol. The largest absolute Gasteiger partial charge is 0.480 e. The molecule has 0 spiro atoms. The van der Waals surface area contributed by atoms with Gasteiger partial charge in [-0.15, -0.1) is 0 Å². The van der Waals surface area contributed by atoms with Gasteiger partial charge in [-0.3, -0.25) is 29.0 Å². The molecule has 0 saturated carbocycles. The van der Waals surface area contributed by atoms with Crippen LogP contribution in [0.4, 0.5) is 0 Å². The van der Waals surface area contributed by atoms with Crippen molar-refractivity contribution in [1.82, 2.24) is 21.3 Å². The van der Waals surface area contributed by atoms with E-state index in [1.807, 2.05) is 0 Å². The van der Waals surface area contributed by atoms with Crippen molar-refractivity contribution in [2.45, 2.75) is 101 Å². The molecule has 0 bridgehead atoms. The van der Waals surface area contributed by atoms with Crippen LogP contribution in [0.3, 0.4) is 0 Å². The van der Waals surface area contributed by atoms with Crippen LogP contribution >= 0.6 is 0 Å². The summed E-state index contributed by atoms with van der Waals surface area (Å²) < 4.78 is 0. The lowest BCUT2D eigenvalue weighted by atomic mass is 10.0. The fourth-order valence-electron chi connectivity index (χ4n) is 3.81. The number of hydrogen-bond acceptors (Lipinski definition) is 11. The number of aliphatic carboxylic acids is 1. The minimum absolute atomic E-state index is 0.0230. The Kier molecular flexibility index (Phi) is 18.8. The molecule has 0 aromatic heterocycles. The summed E-state index contributed by atoms with van der Waals surface area (Å²) in [6.07, 6.45) is -2.24. The average molecular weight is 633 g/mol. The molecule has 0 aliphatic carbocycles. The van der Waals surface area contributed by atoms with Gasteiger partial charge in [0.25, 0.3) is 0 Å².